The number of unbranched alkanes of at least 4 members (excludes halogenated alkanes) is 22. The van der Waals surface area contributed by atoms with Crippen LogP contribution < -0.4 is 0 Å². The van der Waals surface area contributed by atoms with Crippen molar-refractivity contribution in [2.24, 2.45) is 0 Å². The molecule has 0 aromatic heterocycles. The first-order valence-electron chi connectivity index (χ1n) is 15.9. The fourth-order valence-corrected chi connectivity index (χ4v) is 4.90. The lowest BCUT2D eigenvalue weighted by atomic mass is 10.0. The third-order valence-corrected chi connectivity index (χ3v) is 7.27. The van der Waals surface area contributed by atoms with Crippen molar-refractivity contribution in [3.63, 3.8) is 0 Å². The normalized spacial score (nSPS) is 12.1. The van der Waals surface area contributed by atoms with E-state index in [4.69, 9.17) is 4.74 Å². The van der Waals surface area contributed by atoms with Crippen molar-refractivity contribution < 1.29 is 14.3 Å². The largest absolute Gasteiger partial charge is 0.462 e. The van der Waals surface area contributed by atoms with Gasteiger partial charge in [0.15, 0.2) is 0 Å². The summed E-state index contributed by atoms with van der Waals surface area (Å²) in [5.41, 5.74) is 0. The summed E-state index contributed by atoms with van der Waals surface area (Å²) in [5, 5.41) is 0. The summed E-state index contributed by atoms with van der Waals surface area (Å²) in [6.45, 7) is 4.52. The summed E-state index contributed by atoms with van der Waals surface area (Å²) in [5.74, 6) is -0.110. The molecule has 0 rings (SSSR count). The zero-order valence-corrected chi connectivity index (χ0v) is 24.0. The molecule has 0 aliphatic rings. The summed E-state index contributed by atoms with van der Waals surface area (Å²) in [4.78, 5) is 23.1. The average Bonchev–Trinajstić information content (AvgIpc) is 2.85. The second-order valence-electron chi connectivity index (χ2n) is 10.8. The van der Waals surface area contributed by atoms with Crippen LogP contribution in [0.4, 0.5) is 0 Å². The highest BCUT2D eigenvalue weighted by molar-refractivity contribution is 5.69. The van der Waals surface area contributed by atoms with E-state index in [0.29, 0.717) is 12.8 Å². The fraction of sp³-hybridized carbons (Fsp3) is 0.938. The summed E-state index contributed by atoms with van der Waals surface area (Å²) < 4.78 is 5.59. The van der Waals surface area contributed by atoms with E-state index < -0.39 is 0 Å². The van der Waals surface area contributed by atoms with Crippen LogP contribution in [0.3, 0.4) is 0 Å². The predicted octanol–water partition coefficient (Wildman–Crippen LogP) is 10.7. The molecule has 0 heterocycles. The van der Waals surface area contributed by atoms with Crippen LogP contribution >= 0.6 is 0 Å². The lowest BCUT2D eigenvalue weighted by Gasteiger charge is -2.15. The Morgan fingerprint density at radius 3 is 1.26 bits per heavy atom. The van der Waals surface area contributed by atoms with E-state index in [2.05, 4.69) is 13.8 Å². The Labute approximate surface area is 219 Å². The van der Waals surface area contributed by atoms with Gasteiger partial charge in [-0.2, -0.15) is 0 Å². The SMILES string of the molecule is CCCCCCCCCCCCCCCCCCCC(=O)OC(CC=O)CCCCCCCCC. The second-order valence-corrected chi connectivity index (χ2v) is 10.8. The van der Waals surface area contributed by atoms with Crippen LogP contribution in [0.15, 0.2) is 0 Å². The van der Waals surface area contributed by atoms with Gasteiger partial charge in [0.05, 0.1) is 0 Å². The first kappa shape index (κ1) is 34.1. The molecule has 0 saturated carbocycles. The maximum Gasteiger partial charge on any atom is 0.306 e. The molecule has 0 aromatic rings. The average molecular weight is 495 g/mol. The van der Waals surface area contributed by atoms with Crippen LogP contribution in [0.1, 0.15) is 187 Å². The van der Waals surface area contributed by atoms with E-state index in [9.17, 15) is 9.59 Å². The molecule has 0 amide bonds. The molecule has 0 saturated heterocycles. The van der Waals surface area contributed by atoms with E-state index >= 15 is 0 Å². The second kappa shape index (κ2) is 29.4. The number of ether oxygens (including phenoxy) is 1. The lowest BCUT2D eigenvalue weighted by Crippen LogP contribution is -2.18. The first-order valence-corrected chi connectivity index (χ1v) is 15.9. The van der Waals surface area contributed by atoms with Gasteiger partial charge in [-0.15, -0.1) is 0 Å². The van der Waals surface area contributed by atoms with Gasteiger partial charge in [-0.1, -0.05) is 155 Å². The van der Waals surface area contributed by atoms with Crippen LogP contribution in [0.25, 0.3) is 0 Å². The number of carbonyl (C=O) groups is 2. The van der Waals surface area contributed by atoms with Gasteiger partial charge in [0.2, 0.25) is 0 Å². The van der Waals surface area contributed by atoms with Gasteiger partial charge in [0.1, 0.15) is 12.4 Å². The highest BCUT2D eigenvalue weighted by atomic mass is 16.5. The van der Waals surface area contributed by atoms with Crippen LogP contribution in [-0.2, 0) is 14.3 Å². The number of carbonyl (C=O) groups excluding carboxylic acids is 2. The predicted molar refractivity (Wildman–Crippen MR) is 152 cm³/mol. The molecule has 0 bridgehead atoms. The van der Waals surface area contributed by atoms with Crippen molar-refractivity contribution >= 4 is 12.3 Å². The Morgan fingerprint density at radius 2 is 0.886 bits per heavy atom. The highest BCUT2D eigenvalue weighted by Crippen LogP contribution is 2.16. The summed E-state index contributed by atoms with van der Waals surface area (Å²) in [7, 11) is 0. The molecule has 3 nitrogen and oxygen atoms in total. The zero-order chi connectivity index (χ0) is 25.7. The summed E-state index contributed by atoms with van der Waals surface area (Å²) in [6, 6.07) is 0. The maximum absolute atomic E-state index is 12.2. The monoisotopic (exact) mass is 494 g/mol. The molecule has 1 unspecified atom stereocenters. The number of rotatable bonds is 29. The molecule has 1 atom stereocenters. The van der Waals surface area contributed by atoms with E-state index in [1.54, 1.807) is 0 Å². The van der Waals surface area contributed by atoms with Crippen molar-refractivity contribution in [3.05, 3.63) is 0 Å². The van der Waals surface area contributed by atoms with Gasteiger partial charge in [0.25, 0.3) is 0 Å². The molecule has 0 N–H and O–H groups in total. The van der Waals surface area contributed by atoms with Crippen molar-refractivity contribution in [3.8, 4) is 0 Å². The van der Waals surface area contributed by atoms with Crippen molar-refractivity contribution in [2.45, 2.75) is 193 Å². The summed E-state index contributed by atoms with van der Waals surface area (Å²) in [6.07, 6.45) is 33.9. The molecule has 0 radical (unpaired) electrons. The van der Waals surface area contributed by atoms with Gasteiger partial charge < -0.3 is 9.53 Å². The zero-order valence-electron chi connectivity index (χ0n) is 24.0. The van der Waals surface area contributed by atoms with Crippen LogP contribution in [0.2, 0.25) is 0 Å². The van der Waals surface area contributed by atoms with E-state index in [-0.39, 0.29) is 12.1 Å². The fourth-order valence-electron chi connectivity index (χ4n) is 4.90. The van der Waals surface area contributed by atoms with Gasteiger partial charge >= 0.3 is 5.97 Å². The molecule has 0 fully saturated rings. The van der Waals surface area contributed by atoms with E-state index in [1.807, 2.05) is 0 Å². The third-order valence-electron chi connectivity index (χ3n) is 7.27. The highest BCUT2D eigenvalue weighted by Gasteiger charge is 2.13. The summed E-state index contributed by atoms with van der Waals surface area (Å²) >= 11 is 0. The minimum atomic E-state index is -0.207. The molecule has 35 heavy (non-hydrogen) atoms. The number of esters is 1. The molecular formula is C32H62O3. The minimum Gasteiger partial charge on any atom is -0.462 e. The van der Waals surface area contributed by atoms with Crippen molar-refractivity contribution in [2.75, 3.05) is 0 Å². The third kappa shape index (κ3) is 27.6. The number of hydrogen-bond acceptors (Lipinski definition) is 3. The number of aldehydes is 1. The molecule has 3 heteroatoms. The quantitative estimate of drug-likeness (QED) is 0.0590. The molecule has 208 valence electrons. The van der Waals surface area contributed by atoms with Crippen molar-refractivity contribution in [1.82, 2.24) is 0 Å². The molecule has 0 aromatic carbocycles. The standard InChI is InChI=1S/C32H62O3/c1-3-5-7-9-11-12-13-14-15-16-17-18-19-20-22-24-26-28-32(34)35-31(29-30-33)27-25-23-21-10-8-6-4-2/h30-31H,3-29H2,1-2H3. The lowest BCUT2D eigenvalue weighted by molar-refractivity contribution is -0.150. The Bertz CT molecular complexity index is 435. The maximum atomic E-state index is 12.2. The van der Waals surface area contributed by atoms with Gasteiger partial charge in [-0.05, 0) is 19.3 Å². The first-order chi connectivity index (χ1) is 17.2. The van der Waals surface area contributed by atoms with Crippen LogP contribution in [0.5, 0.6) is 0 Å². The van der Waals surface area contributed by atoms with Gasteiger partial charge in [-0.3, -0.25) is 4.79 Å². The Hall–Kier alpha value is -0.860. The van der Waals surface area contributed by atoms with E-state index in [1.165, 1.54) is 135 Å². The topological polar surface area (TPSA) is 43.4 Å². The number of hydrogen-bond donors (Lipinski definition) is 0. The smallest absolute Gasteiger partial charge is 0.306 e. The van der Waals surface area contributed by atoms with Crippen molar-refractivity contribution in [1.29, 1.82) is 0 Å². The van der Waals surface area contributed by atoms with Gasteiger partial charge in [-0.25, -0.2) is 0 Å². The van der Waals surface area contributed by atoms with Gasteiger partial charge in [0, 0.05) is 12.8 Å². The molecule has 0 aliphatic carbocycles. The van der Waals surface area contributed by atoms with Crippen LogP contribution in [-0.4, -0.2) is 18.4 Å². The van der Waals surface area contributed by atoms with Crippen LogP contribution in [0, 0.1) is 0 Å². The minimum absolute atomic E-state index is 0.110. The molecule has 0 spiro atoms. The Balaban J connectivity index is 3.45. The Kier molecular flexibility index (Phi) is 28.6. The van der Waals surface area contributed by atoms with E-state index in [0.717, 1.165) is 32.0 Å². The molecule has 0 aliphatic heterocycles. The molecular weight excluding hydrogens is 432 g/mol. The Morgan fingerprint density at radius 1 is 0.543 bits per heavy atom.